The van der Waals surface area contributed by atoms with Gasteiger partial charge in [-0.05, 0) is 65.5 Å². The molecule has 42 heavy (non-hydrogen) atoms. The van der Waals surface area contributed by atoms with Crippen molar-refractivity contribution in [1.29, 1.82) is 5.41 Å². The Labute approximate surface area is 261 Å². The SMILES string of the molecule is Cc1nc2c(OCc3c(Cl)ccc(S(=O)(=O)N4CCCC4C(=O)NCc4ccc(C(=N)N)cc4)c3Cl)cccn2c1Br. The fraction of sp³-hybridized carbons (Fsp3) is 0.250. The minimum atomic E-state index is -4.15. The van der Waals surface area contributed by atoms with Crippen LogP contribution in [0.4, 0.5) is 0 Å². The van der Waals surface area contributed by atoms with E-state index in [0.29, 0.717) is 35.4 Å². The second-order valence-corrected chi connectivity index (χ2v) is 13.2. The highest BCUT2D eigenvalue weighted by Crippen LogP contribution is 2.36. The lowest BCUT2D eigenvalue weighted by molar-refractivity contribution is -0.124. The number of rotatable bonds is 9. The second kappa shape index (κ2) is 12.2. The summed E-state index contributed by atoms with van der Waals surface area (Å²) in [7, 11) is -4.15. The van der Waals surface area contributed by atoms with Gasteiger partial charge in [-0.3, -0.25) is 14.6 Å². The summed E-state index contributed by atoms with van der Waals surface area (Å²) in [6, 6.07) is 12.4. The first kappa shape index (κ1) is 30.3. The molecular weight excluding hydrogens is 667 g/mol. The van der Waals surface area contributed by atoms with E-state index in [1.54, 1.807) is 36.4 Å². The van der Waals surface area contributed by atoms with Gasteiger partial charge in [0.2, 0.25) is 15.9 Å². The van der Waals surface area contributed by atoms with Gasteiger partial charge >= 0.3 is 0 Å². The summed E-state index contributed by atoms with van der Waals surface area (Å²) in [5.41, 5.74) is 8.53. The molecule has 5 rings (SSSR count). The number of imidazole rings is 1. The number of nitrogens with two attached hydrogens (primary N) is 1. The first-order chi connectivity index (χ1) is 20.0. The molecule has 0 saturated carbocycles. The third kappa shape index (κ3) is 5.86. The smallest absolute Gasteiger partial charge is 0.245 e. The van der Waals surface area contributed by atoms with Gasteiger partial charge in [-0.25, -0.2) is 13.4 Å². The highest BCUT2D eigenvalue weighted by atomic mass is 79.9. The second-order valence-electron chi connectivity index (χ2n) is 9.78. The number of carbonyl (C=O) groups is 1. The van der Waals surface area contributed by atoms with Gasteiger partial charge in [0.15, 0.2) is 11.4 Å². The van der Waals surface area contributed by atoms with Crippen LogP contribution in [0.15, 0.2) is 64.2 Å². The molecule has 1 aliphatic heterocycles. The van der Waals surface area contributed by atoms with E-state index in [1.165, 1.54) is 16.4 Å². The Morgan fingerprint density at radius 3 is 2.67 bits per heavy atom. The Bertz CT molecular complexity index is 1800. The van der Waals surface area contributed by atoms with Crippen molar-refractivity contribution >= 4 is 66.5 Å². The summed E-state index contributed by atoms with van der Waals surface area (Å²) >= 11 is 16.6. The summed E-state index contributed by atoms with van der Waals surface area (Å²) in [5.74, 6) is 0.0141. The van der Waals surface area contributed by atoms with Gasteiger partial charge in [0, 0.05) is 35.4 Å². The number of sulfonamides is 1. The van der Waals surface area contributed by atoms with Crippen LogP contribution in [0.2, 0.25) is 10.0 Å². The predicted molar refractivity (Wildman–Crippen MR) is 165 cm³/mol. The minimum Gasteiger partial charge on any atom is -0.485 e. The molecule has 0 bridgehead atoms. The number of fused-ring (bicyclic) bond motifs is 1. The summed E-state index contributed by atoms with van der Waals surface area (Å²) < 4.78 is 37.5. The Morgan fingerprint density at radius 2 is 1.95 bits per heavy atom. The molecule has 2 aromatic heterocycles. The van der Waals surface area contributed by atoms with E-state index in [-0.39, 0.29) is 40.5 Å². The van der Waals surface area contributed by atoms with Crippen molar-refractivity contribution in [2.24, 2.45) is 5.73 Å². The number of ether oxygens (including phenoxy) is 1. The van der Waals surface area contributed by atoms with Crippen LogP contribution in [-0.4, -0.2) is 46.4 Å². The third-order valence-electron chi connectivity index (χ3n) is 7.06. The van der Waals surface area contributed by atoms with E-state index in [1.807, 2.05) is 17.5 Å². The van der Waals surface area contributed by atoms with Gasteiger partial charge in [-0.1, -0.05) is 47.5 Å². The van der Waals surface area contributed by atoms with Crippen LogP contribution in [0.5, 0.6) is 5.75 Å². The Balaban J connectivity index is 1.34. The van der Waals surface area contributed by atoms with Crippen molar-refractivity contribution in [3.63, 3.8) is 0 Å². The zero-order chi connectivity index (χ0) is 30.2. The highest BCUT2D eigenvalue weighted by molar-refractivity contribution is 9.10. The summed E-state index contributed by atoms with van der Waals surface area (Å²) in [6.07, 6.45) is 2.74. The van der Waals surface area contributed by atoms with Crippen molar-refractivity contribution in [3.05, 3.63) is 91.8 Å². The lowest BCUT2D eigenvalue weighted by Gasteiger charge is -2.24. The zero-order valence-corrected chi connectivity index (χ0v) is 26.3. The fourth-order valence-electron chi connectivity index (χ4n) is 4.82. The number of aromatic nitrogens is 2. The molecule has 220 valence electrons. The van der Waals surface area contributed by atoms with E-state index in [4.69, 9.17) is 39.1 Å². The van der Waals surface area contributed by atoms with Crippen LogP contribution in [0.25, 0.3) is 5.65 Å². The molecule has 14 heteroatoms. The number of pyridine rings is 1. The molecule has 1 saturated heterocycles. The average Bonchev–Trinajstić information content (AvgIpc) is 3.57. The number of amidine groups is 1. The van der Waals surface area contributed by atoms with Crippen LogP contribution in [0, 0.1) is 12.3 Å². The molecule has 4 aromatic rings. The number of benzene rings is 2. The maximum atomic E-state index is 13.8. The lowest BCUT2D eigenvalue weighted by atomic mass is 10.1. The topological polar surface area (TPSA) is 143 Å². The van der Waals surface area contributed by atoms with Crippen molar-refractivity contribution in [2.75, 3.05) is 6.54 Å². The number of nitrogens with zero attached hydrogens (tertiary/aromatic N) is 3. The van der Waals surface area contributed by atoms with Crippen molar-refractivity contribution in [3.8, 4) is 5.75 Å². The third-order valence-corrected chi connectivity index (χ3v) is 10.9. The van der Waals surface area contributed by atoms with Crippen LogP contribution < -0.4 is 15.8 Å². The van der Waals surface area contributed by atoms with E-state index in [2.05, 4.69) is 26.2 Å². The maximum Gasteiger partial charge on any atom is 0.245 e. The van der Waals surface area contributed by atoms with Crippen LogP contribution in [-0.2, 0) is 28.0 Å². The predicted octanol–water partition coefficient (Wildman–Crippen LogP) is 5.04. The number of halogens is 3. The molecular formula is C28H27BrCl2N6O4S. The first-order valence-corrected chi connectivity index (χ1v) is 15.9. The number of nitrogen functional groups attached to an aromatic ring is 1. The van der Waals surface area contributed by atoms with Gasteiger partial charge in [0.05, 0.1) is 10.7 Å². The molecule has 1 atom stereocenters. The molecule has 1 aliphatic rings. The van der Waals surface area contributed by atoms with Crippen molar-refractivity contribution < 1.29 is 17.9 Å². The molecule has 0 spiro atoms. The van der Waals surface area contributed by atoms with Gasteiger partial charge < -0.3 is 15.8 Å². The number of amides is 1. The number of hydrogen-bond donors (Lipinski definition) is 3. The Morgan fingerprint density at radius 1 is 1.21 bits per heavy atom. The molecule has 1 fully saturated rings. The van der Waals surface area contributed by atoms with Gasteiger partial charge in [0.25, 0.3) is 0 Å². The molecule has 10 nitrogen and oxygen atoms in total. The molecule has 1 unspecified atom stereocenters. The lowest BCUT2D eigenvalue weighted by Crippen LogP contribution is -2.45. The van der Waals surface area contributed by atoms with E-state index < -0.39 is 22.0 Å². The van der Waals surface area contributed by atoms with Crippen molar-refractivity contribution in [2.45, 2.75) is 43.9 Å². The summed E-state index contributed by atoms with van der Waals surface area (Å²) in [5, 5.41) is 10.5. The molecule has 0 radical (unpaired) electrons. The summed E-state index contributed by atoms with van der Waals surface area (Å²) in [6.45, 7) is 2.14. The Kier molecular flexibility index (Phi) is 8.81. The molecule has 1 amide bonds. The Hall–Kier alpha value is -3.16. The van der Waals surface area contributed by atoms with Gasteiger partial charge in [-0.2, -0.15) is 4.31 Å². The standard InChI is InChI=1S/C28H27BrCl2N6O4S/c1-16-25(29)36-12-3-5-22(27(36)35-16)41-15-19-20(30)10-11-23(24(19)31)42(39,40)37-13-2-4-21(37)28(38)34-14-17-6-8-18(9-7-17)26(32)33/h3,5-12,21H,2,4,13-15H2,1H3,(H3,32,33)(H,34,38). The molecule has 3 heterocycles. The van der Waals surface area contributed by atoms with E-state index in [9.17, 15) is 13.2 Å². The molecule has 4 N–H and O–H groups in total. The monoisotopic (exact) mass is 692 g/mol. The van der Waals surface area contributed by atoms with Gasteiger partial charge in [0.1, 0.15) is 28.0 Å². The zero-order valence-electron chi connectivity index (χ0n) is 22.4. The highest BCUT2D eigenvalue weighted by Gasteiger charge is 2.40. The van der Waals surface area contributed by atoms with Crippen LogP contribution in [0.3, 0.4) is 0 Å². The number of aryl methyl sites for hydroxylation is 1. The average molecular weight is 694 g/mol. The van der Waals surface area contributed by atoms with Crippen LogP contribution in [0.1, 0.15) is 35.2 Å². The summed E-state index contributed by atoms with van der Waals surface area (Å²) in [4.78, 5) is 17.5. The normalized spacial score (nSPS) is 15.7. The minimum absolute atomic E-state index is 0.0494. The van der Waals surface area contributed by atoms with Crippen molar-refractivity contribution in [1.82, 2.24) is 19.0 Å². The van der Waals surface area contributed by atoms with Gasteiger partial charge in [-0.15, -0.1) is 0 Å². The number of nitrogens with one attached hydrogen (secondary N) is 2. The van der Waals surface area contributed by atoms with Crippen LogP contribution >= 0.6 is 39.1 Å². The quantitative estimate of drug-likeness (QED) is 0.166. The first-order valence-electron chi connectivity index (χ1n) is 12.9. The maximum absolute atomic E-state index is 13.8. The van der Waals surface area contributed by atoms with E-state index >= 15 is 0 Å². The largest absolute Gasteiger partial charge is 0.485 e. The molecule has 0 aliphatic carbocycles. The van der Waals surface area contributed by atoms with E-state index in [0.717, 1.165) is 15.9 Å². The fourth-order valence-corrected chi connectivity index (χ4v) is 7.72. The molecule has 2 aromatic carbocycles. The number of hydrogen-bond acceptors (Lipinski definition) is 6. The number of carbonyl (C=O) groups excluding carboxylic acids is 1.